The van der Waals surface area contributed by atoms with Crippen LogP contribution in [0.3, 0.4) is 0 Å². The summed E-state index contributed by atoms with van der Waals surface area (Å²) in [5.74, 6) is -0.594. The predicted molar refractivity (Wildman–Crippen MR) is 123 cm³/mol. The SMILES string of the molecule is O=C(CN(CC1CC1)C(=O)Nc1ccc(Cl)cn1)Nc1ccc(-n2ccccc2=O)cc1F. The number of halogens is 2. The second-order valence-electron chi connectivity index (χ2n) is 7.74. The van der Waals surface area contributed by atoms with E-state index in [4.69, 9.17) is 11.6 Å². The molecule has 2 aromatic heterocycles. The average molecular weight is 470 g/mol. The maximum atomic E-state index is 14.6. The number of nitrogens with one attached hydrogen (secondary N) is 2. The summed E-state index contributed by atoms with van der Waals surface area (Å²) in [5, 5.41) is 5.58. The van der Waals surface area contributed by atoms with Crippen LogP contribution < -0.4 is 16.2 Å². The summed E-state index contributed by atoms with van der Waals surface area (Å²) in [6, 6.07) is 11.4. The molecule has 1 aromatic carbocycles. The number of rotatable bonds is 7. The first-order chi connectivity index (χ1) is 15.9. The van der Waals surface area contributed by atoms with E-state index in [1.54, 1.807) is 24.3 Å². The normalized spacial score (nSPS) is 12.8. The quantitative estimate of drug-likeness (QED) is 0.548. The number of carbonyl (C=O) groups is 2. The van der Waals surface area contributed by atoms with Crippen molar-refractivity contribution in [3.05, 3.63) is 82.1 Å². The third-order valence-electron chi connectivity index (χ3n) is 5.09. The van der Waals surface area contributed by atoms with Gasteiger partial charge in [0.1, 0.15) is 18.2 Å². The van der Waals surface area contributed by atoms with Crippen LogP contribution in [-0.2, 0) is 4.79 Å². The van der Waals surface area contributed by atoms with Crippen molar-refractivity contribution in [2.45, 2.75) is 12.8 Å². The van der Waals surface area contributed by atoms with Crippen molar-refractivity contribution >= 4 is 35.0 Å². The molecule has 2 heterocycles. The van der Waals surface area contributed by atoms with E-state index in [-0.39, 0.29) is 17.8 Å². The Labute approximate surface area is 194 Å². The highest BCUT2D eigenvalue weighted by Gasteiger charge is 2.28. The highest BCUT2D eigenvalue weighted by Crippen LogP contribution is 2.30. The molecule has 0 radical (unpaired) electrons. The Hall–Kier alpha value is -3.72. The molecule has 1 aliphatic carbocycles. The topological polar surface area (TPSA) is 96.3 Å². The molecule has 33 heavy (non-hydrogen) atoms. The number of urea groups is 1. The van der Waals surface area contributed by atoms with Gasteiger partial charge < -0.3 is 10.2 Å². The highest BCUT2D eigenvalue weighted by molar-refractivity contribution is 6.30. The fourth-order valence-corrected chi connectivity index (χ4v) is 3.34. The lowest BCUT2D eigenvalue weighted by atomic mass is 10.2. The van der Waals surface area contributed by atoms with Crippen molar-refractivity contribution in [1.82, 2.24) is 14.5 Å². The van der Waals surface area contributed by atoms with E-state index in [1.165, 1.54) is 40.1 Å². The standard InChI is InChI=1S/C23H21ClFN5O3/c24-16-6-9-20(26-12-16)28-23(33)29(13-15-4-5-15)14-21(31)27-19-8-7-17(11-18(19)25)30-10-2-1-3-22(30)32/h1-3,6-12,15H,4-5,13-14H2,(H,27,31)(H,26,28,33). The molecular weight excluding hydrogens is 449 g/mol. The number of anilines is 2. The largest absolute Gasteiger partial charge is 0.323 e. The van der Waals surface area contributed by atoms with Crippen LogP contribution in [0.2, 0.25) is 5.02 Å². The van der Waals surface area contributed by atoms with Crippen LogP contribution in [0.5, 0.6) is 0 Å². The molecule has 1 fully saturated rings. The molecule has 10 heteroatoms. The van der Waals surface area contributed by atoms with Gasteiger partial charge in [-0.2, -0.15) is 0 Å². The van der Waals surface area contributed by atoms with Gasteiger partial charge in [-0.05, 0) is 49.1 Å². The Balaban J connectivity index is 1.42. The summed E-state index contributed by atoms with van der Waals surface area (Å²) in [6.07, 6.45) is 4.91. The minimum absolute atomic E-state index is 0.0427. The van der Waals surface area contributed by atoms with E-state index < -0.39 is 17.8 Å². The van der Waals surface area contributed by atoms with Gasteiger partial charge in [0.05, 0.1) is 16.4 Å². The third kappa shape index (κ3) is 5.95. The zero-order valence-electron chi connectivity index (χ0n) is 17.5. The molecule has 1 aliphatic rings. The van der Waals surface area contributed by atoms with Gasteiger partial charge in [0.15, 0.2) is 0 Å². The number of benzene rings is 1. The molecule has 3 aromatic rings. The first kappa shape index (κ1) is 22.5. The van der Waals surface area contributed by atoms with E-state index >= 15 is 0 Å². The molecule has 1 saturated carbocycles. The number of nitrogens with zero attached hydrogens (tertiary/aromatic N) is 3. The van der Waals surface area contributed by atoms with Crippen LogP contribution in [0.4, 0.5) is 20.7 Å². The van der Waals surface area contributed by atoms with Crippen LogP contribution in [0.15, 0.2) is 65.7 Å². The summed E-state index contributed by atoms with van der Waals surface area (Å²) in [5.41, 5.74) is -0.00854. The maximum absolute atomic E-state index is 14.6. The van der Waals surface area contributed by atoms with Crippen molar-refractivity contribution in [3.8, 4) is 5.69 Å². The molecule has 0 unspecified atom stereocenters. The van der Waals surface area contributed by atoms with Crippen LogP contribution in [0, 0.1) is 11.7 Å². The minimum atomic E-state index is -0.694. The first-order valence-corrected chi connectivity index (χ1v) is 10.7. The smallest absolute Gasteiger partial charge is 0.322 e. The van der Waals surface area contributed by atoms with Crippen molar-refractivity contribution < 1.29 is 14.0 Å². The fraction of sp³-hybridized carbons (Fsp3) is 0.217. The first-order valence-electron chi connectivity index (χ1n) is 10.3. The molecule has 0 atom stereocenters. The molecule has 0 aliphatic heterocycles. The molecule has 0 spiro atoms. The van der Waals surface area contributed by atoms with E-state index in [1.807, 2.05) is 0 Å². The van der Waals surface area contributed by atoms with E-state index in [2.05, 4.69) is 15.6 Å². The second-order valence-corrected chi connectivity index (χ2v) is 8.17. The van der Waals surface area contributed by atoms with Gasteiger partial charge >= 0.3 is 6.03 Å². The van der Waals surface area contributed by atoms with Crippen molar-refractivity contribution in [1.29, 1.82) is 0 Å². The van der Waals surface area contributed by atoms with Crippen molar-refractivity contribution in [2.75, 3.05) is 23.7 Å². The Morgan fingerprint density at radius 2 is 1.97 bits per heavy atom. The molecule has 170 valence electrons. The van der Waals surface area contributed by atoms with E-state index in [0.29, 0.717) is 29.0 Å². The predicted octanol–water partition coefficient (Wildman–Crippen LogP) is 3.91. The highest BCUT2D eigenvalue weighted by atomic mass is 35.5. The maximum Gasteiger partial charge on any atom is 0.323 e. The molecule has 0 saturated heterocycles. The number of amides is 3. The Bertz CT molecular complexity index is 1230. The van der Waals surface area contributed by atoms with Gasteiger partial charge in [0.2, 0.25) is 5.91 Å². The second kappa shape index (κ2) is 9.83. The summed E-state index contributed by atoms with van der Waals surface area (Å²) in [4.78, 5) is 42.6. The van der Waals surface area contributed by atoms with Gasteiger partial charge in [0.25, 0.3) is 5.56 Å². The number of hydrogen-bond donors (Lipinski definition) is 2. The average Bonchev–Trinajstić information content (AvgIpc) is 3.61. The Morgan fingerprint density at radius 1 is 1.15 bits per heavy atom. The lowest BCUT2D eigenvalue weighted by Crippen LogP contribution is -2.42. The number of pyridine rings is 2. The summed E-state index contributed by atoms with van der Waals surface area (Å²) >= 11 is 5.81. The summed E-state index contributed by atoms with van der Waals surface area (Å²) < 4.78 is 15.9. The molecular formula is C23H21ClFN5O3. The van der Waals surface area contributed by atoms with Crippen LogP contribution in [0.25, 0.3) is 5.69 Å². The van der Waals surface area contributed by atoms with Gasteiger partial charge in [-0.15, -0.1) is 0 Å². The molecule has 4 rings (SSSR count). The lowest BCUT2D eigenvalue weighted by Gasteiger charge is -2.22. The molecule has 2 N–H and O–H groups in total. The van der Waals surface area contributed by atoms with E-state index in [9.17, 15) is 18.8 Å². The third-order valence-corrected chi connectivity index (χ3v) is 5.31. The molecule has 0 bridgehead atoms. The van der Waals surface area contributed by atoms with Crippen LogP contribution in [0.1, 0.15) is 12.8 Å². The molecule has 3 amide bonds. The number of hydrogen-bond acceptors (Lipinski definition) is 4. The summed E-state index contributed by atoms with van der Waals surface area (Å²) in [7, 11) is 0. The minimum Gasteiger partial charge on any atom is -0.322 e. The van der Waals surface area contributed by atoms with Crippen molar-refractivity contribution in [3.63, 3.8) is 0 Å². The Kier molecular flexibility index (Phi) is 6.69. The number of carbonyl (C=O) groups excluding carboxylic acids is 2. The zero-order chi connectivity index (χ0) is 23.4. The van der Waals surface area contributed by atoms with Crippen LogP contribution in [-0.4, -0.2) is 39.5 Å². The summed E-state index contributed by atoms with van der Waals surface area (Å²) in [6.45, 7) is 0.153. The van der Waals surface area contributed by atoms with Gasteiger partial charge in [-0.1, -0.05) is 17.7 Å². The zero-order valence-corrected chi connectivity index (χ0v) is 18.3. The fourth-order valence-electron chi connectivity index (χ4n) is 3.23. The van der Waals surface area contributed by atoms with Gasteiger partial charge in [-0.25, -0.2) is 14.2 Å². The monoisotopic (exact) mass is 469 g/mol. The van der Waals surface area contributed by atoms with Gasteiger partial charge in [-0.3, -0.25) is 19.5 Å². The Morgan fingerprint density at radius 3 is 2.64 bits per heavy atom. The van der Waals surface area contributed by atoms with Crippen LogP contribution >= 0.6 is 11.6 Å². The van der Waals surface area contributed by atoms with Crippen molar-refractivity contribution in [2.24, 2.45) is 5.92 Å². The van der Waals surface area contributed by atoms with E-state index in [0.717, 1.165) is 18.9 Å². The van der Waals surface area contributed by atoms with Gasteiger partial charge in [0, 0.05) is 31.1 Å². The molecule has 8 nitrogen and oxygen atoms in total. The number of aromatic nitrogens is 2. The lowest BCUT2D eigenvalue weighted by molar-refractivity contribution is -0.116.